The van der Waals surface area contributed by atoms with Crippen molar-refractivity contribution in [2.45, 2.75) is 19.1 Å². The maximum Gasteiger partial charge on any atom is 0.339 e. The molecule has 1 aromatic rings. The van der Waals surface area contributed by atoms with E-state index in [-0.39, 0.29) is 27.1 Å². The molecule has 1 aromatic heterocycles. The molecule has 0 aromatic carbocycles. The summed E-state index contributed by atoms with van der Waals surface area (Å²) in [5.74, 6) is -0.620. The fourth-order valence-electron chi connectivity index (χ4n) is 1.40. The van der Waals surface area contributed by atoms with Crippen molar-refractivity contribution in [3.8, 4) is 0 Å². The summed E-state index contributed by atoms with van der Waals surface area (Å²) in [7, 11) is 1.21. The van der Waals surface area contributed by atoms with E-state index in [1.54, 1.807) is 0 Å². The van der Waals surface area contributed by atoms with E-state index < -0.39 is 18.2 Å². The molecule has 2 atom stereocenters. The molecule has 2 unspecified atom stereocenters. The van der Waals surface area contributed by atoms with Crippen LogP contribution in [0.5, 0.6) is 0 Å². The average molecular weight is 320 g/mol. The number of hydrogen-bond acceptors (Lipinski definition) is 7. The normalized spacial score (nSPS) is 13.7. The molecular formula is C12H14ClNO5S. The molecule has 0 saturated carbocycles. The van der Waals surface area contributed by atoms with Crippen LogP contribution in [0.25, 0.3) is 0 Å². The first-order valence-corrected chi connectivity index (χ1v) is 6.96. The fourth-order valence-corrected chi connectivity index (χ4v) is 2.21. The Labute approximate surface area is 125 Å². The Bertz CT molecular complexity index is 511. The third kappa shape index (κ3) is 4.45. The van der Waals surface area contributed by atoms with Gasteiger partial charge in [0.15, 0.2) is 5.12 Å². The molecule has 0 aliphatic carbocycles. The van der Waals surface area contributed by atoms with Gasteiger partial charge < -0.3 is 14.9 Å². The summed E-state index contributed by atoms with van der Waals surface area (Å²) in [4.78, 5) is 26.0. The van der Waals surface area contributed by atoms with E-state index in [4.69, 9.17) is 11.6 Å². The summed E-state index contributed by atoms with van der Waals surface area (Å²) >= 11 is 6.72. The Hall–Kier alpha value is -1.15. The number of aromatic nitrogens is 1. The first kappa shape index (κ1) is 16.9. The minimum atomic E-state index is -1.36. The summed E-state index contributed by atoms with van der Waals surface area (Å²) in [5.41, 5.74) is 0.212. The van der Waals surface area contributed by atoms with Gasteiger partial charge >= 0.3 is 5.97 Å². The van der Waals surface area contributed by atoms with Gasteiger partial charge in [-0.25, -0.2) is 9.78 Å². The minimum Gasteiger partial charge on any atom is -0.465 e. The number of halogens is 1. The molecule has 2 N–H and O–H groups in total. The van der Waals surface area contributed by atoms with Crippen LogP contribution in [0, 0.1) is 0 Å². The van der Waals surface area contributed by atoms with Gasteiger partial charge in [-0.15, -0.1) is 0 Å². The quantitative estimate of drug-likeness (QED) is 0.621. The van der Waals surface area contributed by atoms with Gasteiger partial charge in [-0.3, -0.25) is 4.79 Å². The molecule has 0 fully saturated rings. The predicted molar refractivity (Wildman–Crippen MR) is 74.7 cm³/mol. The number of esters is 1. The third-order valence-electron chi connectivity index (χ3n) is 2.43. The molecular weight excluding hydrogens is 306 g/mol. The molecule has 1 heterocycles. The molecule has 0 aliphatic heterocycles. The maximum absolute atomic E-state index is 11.4. The van der Waals surface area contributed by atoms with Gasteiger partial charge in [0.1, 0.15) is 11.3 Å². The number of pyridine rings is 1. The van der Waals surface area contributed by atoms with E-state index in [9.17, 15) is 19.8 Å². The van der Waals surface area contributed by atoms with Crippen LogP contribution in [-0.2, 0) is 9.53 Å². The smallest absolute Gasteiger partial charge is 0.339 e. The van der Waals surface area contributed by atoms with Gasteiger partial charge in [-0.05, 0) is 6.07 Å². The molecule has 8 heteroatoms. The Morgan fingerprint density at radius 3 is 2.70 bits per heavy atom. The summed E-state index contributed by atoms with van der Waals surface area (Å²) < 4.78 is 4.54. The molecule has 6 nitrogen and oxygen atoms in total. The molecule has 1 rings (SSSR count). The Balaban J connectivity index is 2.93. The van der Waals surface area contributed by atoms with Crippen LogP contribution < -0.4 is 0 Å². The van der Waals surface area contributed by atoms with Crippen molar-refractivity contribution in [2.24, 2.45) is 0 Å². The van der Waals surface area contributed by atoms with Crippen molar-refractivity contribution in [2.75, 3.05) is 12.9 Å². The molecule has 0 bridgehead atoms. The van der Waals surface area contributed by atoms with Crippen molar-refractivity contribution in [1.82, 2.24) is 4.98 Å². The van der Waals surface area contributed by atoms with E-state index >= 15 is 0 Å². The minimum absolute atomic E-state index is 0.00921. The summed E-state index contributed by atoms with van der Waals surface area (Å²) in [6.07, 6.45) is -1.36. The number of carbonyl (C=O) groups excluding carboxylic acids is 2. The molecule has 110 valence electrons. The number of nitrogens with zero attached hydrogens (tertiary/aromatic N) is 1. The molecule has 0 amide bonds. The number of ether oxygens (including phenoxy) is 1. The number of aliphatic hydroxyl groups is 2. The standard InChI is InChI=1S/C12H14ClNO5S/c1-6(15)20-5-9(16)10(17)8-3-7(12(18)19-2)4-14-11(8)13/h3-4,9-10,16-17H,5H2,1-2H3. The molecule has 0 radical (unpaired) electrons. The Kier molecular flexibility index (Phi) is 6.41. The first-order valence-electron chi connectivity index (χ1n) is 5.60. The number of hydrogen-bond donors (Lipinski definition) is 2. The summed E-state index contributed by atoms with van der Waals surface area (Å²) in [5, 5.41) is 19.6. The molecule has 20 heavy (non-hydrogen) atoms. The Morgan fingerprint density at radius 2 is 2.15 bits per heavy atom. The van der Waals surface area contributed by atoms with Gasteiger partial charge in [0, 0.05) is 24.4 Å². The second-order valence-electron chi connectivity index (χ2n) is 3.91. The van der Waals surface area contributed by atoms with Crippen LogP contribution in [0.1, 0.15) is 28.9 Å². The van der Waals surface area contributed by atoms with Gasteiger partial charge in [-0.2, -0.15) is 0 Å². The monoisotopic (exact) mass is 319 g/mol. The zero-order valence-corrected chi connectivity index (χ0v) is 12.4. The largest absolute Gasteiger partial charge is 0.465 e. The Morgan fingerprint density at radius 1 is 1.50 bits per heavy atom. The highest BCUT2D eigenvalue weighted by Crippen LogP contribution is 2.26. The highest BCUT2D eigenvalue weighted by molar-refractivity contribution is 8.13. The van der Waals surface area contributed by atoms with Crippen molar-refractivity contribution in [1.29, 1.82) is 0 Å². The van der Waals surface area contributed by atoms with Crippen molar-refractivity contribution in [3.63, 3.8) is 0 Å². The summed E-state index contributed by atoms with van der Waals surface area (Å²) in [6.45, 7) is 1.36. The highest BCUT2D eigenvalue weighted by atomic mass is 35.5. The topological polar surface area (TPSA) is 96.7 Å². The van der Waals surface area contributed by atoms with Crippen molar-refractivity contribution >= 4 is 34.4 Å². The SMILES string of the molecule is COC(=O)c1cnc(Cl)c(C(O)C(O)CSC(C)=O)c1. The van der Waals surface area contributed by atoms with E-state index in [1.807, 2.05) is 0 Å². The predicted octanol–water partition coefficient (Wildman–Crippen LogP) is 1.20. The zero-order valence-electron chi connectivity index (χ0n) is 10.9. The lowest BCUT2D eigenvalue weighted by atomic mass is 10.1. The summed E-state index contributed by atoms with van der Waals surface area (Å²) in [6, 6.07) is 1.30. The lowest BCUT2D eigenvalue weighted by molar-refractivity contribution is -0.109. The maximum atomic E-state index is 11.4. The van der Waals surface area contributed by atoms with Gasteiger partial charge in [0.05, 0.1) is 18.8 Å². The number of carbonyl (C=O) groups is 2. The third-order valence-corrected chi connectivity index (χ3v) is 3.66. The average Bonchev–Trinajstić information content (AvgIpc) is 2.43. The van der Waals surface area contributed by atoms with Crippen LogP contribution >= 0.6 is 23.4 Å². The highest BCUT2D eigenvalue weighted by Gasteiger charge is 2.23. The first-order chi connectivity index (χ1) is 9.36. The van der Waals surface area contributed by atoms with E-state index in [0.29, 0.717) is 0 Å². The fraction of sp³-hybridized carbons (Fsp3) is 0.417. The van der Waals surface area contributed by atoms with Crippen LogP contribution in [0.2, 0.25) is 5.15 Å². The second-order valence-corrected chi connectivity index (χ2v) is 5.47. The molecule has 0 spiro atoms. The van der Waals surface area contributed by atoms with Gasteiger partial charge in [0.25, 0.3) is 0 Å². The lowest BCUT2D eigenvalue weighted by Crippen LogP contribution is -2.22. The van der Waals surface area contributed by atoms with Crippen LogP contribution in [0.15, 0.2) is 12.3 Å². The molecule has 0 aliphatic rings. The lowest BCUT2D eigenvalue weighted by Gasteiger charge is -2.18. The van der Waals surface area contributed by atoms with Crippen molar-refractivity contribution < 1.29 is 24.5 Å². The second kappa shape index (κ2) is 7.58. The number of methoxy groups -OCH3 is 1. The number of thioether (sulfide) groups is 1. The van der Waals surface area contributed by atoms with Crippen molar-refractivity contribution in [3.05, 3.63) is 28.5 Å². The van der Waals surface area contributed by atoms with E-state index in [1.165, 1.54) is 26.3 Å². The van der Waals surface area contributed by atoms with Gasteiger partial charge in [0.2, 0.25) is 0 Å². The van der Waals surface area contributed by atoms with Crippen LogP contribution in [0.3, 0.4) is 0 Å². The number of aliphatic hydroxyl groups excluding tert-OH is 2. The van der Waals surface area contributed by atoms with E-state index in [0.717, 1.165) is 11.8 Å². The van der Waals surface area contributed by atoms with E-state index in [2.05, 4.69) is 9.72 Å². The zero-order chi connectivity index (χ0) is 15.3. The number of rotatable bonds is 5. The molecule has 0 saturated heterocycles. The van der Waals surface area contributed by atoms with Crippen LogP contribution in [0.4, 0.5) is 0 Å². The van der Waals surface area contributed by atoms with Crippen LogP contribution in [-0.4, -0.2) is 45.2 Å². The van der Waals surface area contributed by atoms with Gasteiger partial charge in [-0.1, -0.05) is 23.4 Å².